The smallest absolute Gasteiger partial charge is 0.373 e. The number of carbonyl (C=O) groups excluding carboxylic acids is 3. The number of amides is 2. The third-order valence-electron chi connectivity index (χ3n) is 5.35. The van der Waals surface area contributed by atoms with E-state index in [0.717, 1.165) is 20.2 Å². The SMILES string of the molecule is COC1(C(NC(=O)c2ccc(C#CC#CC3CNC3)cc2)C(=O)NOC(=O)C(F)(F)F)CS(=O)(=O)C1. The molecule has 1 aromatic carbocycles. The number of ether oxygens (including phenoxy) is 1. The Bertz CT molecular complexity index is 1260. The first kappa shape index (κ1) is 27.0. The highest BCUT2D eigenvalue weighted by Crippen LogP contribution is 2.31. The van der Waals surface area contributed by atoms with Crippen LogP contribution in [0.25, 0.3) is 0 Å². The van der Waals surface area contributed by atoms with Crippen LogP contribution in [0.2, 0.25) is 0 Å². The van der Waals surface area contributed by atoms with Gasteiger partial charge < -0.3 is 20.2 Å². The normalized spacial score (nSPS) is 18.4. The predicted molar refractivity (Wildman–Crippen MR) is 117 cm³/mol. The molecule has 3 rings (SSSR count). The first-order chi connectivity index (χ1) is 16.8. The molecule has 0 aliphatic carbocycles. The molecule has 0 saturated carbocycles. The number of hydroxylamine groups is 1. The Labute approximate surface area is 204 Å². The first-order valence-electron chi connectivity index (χ1n) is 10.3. The number of benzene rings is 1. The molecule has 0 bridgehead atoms. The highest BCUT2D eigenvalue weighted by molar-refractivity contribution is 7.93. The van der Waals surface area contributed by atoms with Crippen LogP contribution < -0.4 is 16.1 Å². The van der Waals surface area contributed by atoms with Crippen molar-refractivity contribution in [1.29, 1.82) is 0 Å². The molecule has 2 saturated heterocycles. The number of nitrogens with one attached hydrogen (secondary N) is 3. The Morgan fingerprint density at radius 2 is 1.78 bits per heavy atom. The van der Waals surface area contributed by atoms with E-state index in [1.807, 2.05) is 0 Å². The van der Waals surface area contributed by atoms with E-state index in [2.05, 4.69) is 39.2 Å². The second kappa shape index (κ2) is 10.6. The van der Waals surface area contributed by atoms with Crippen molar-refractivity contribution in [2.24, 2.45) is 5.92 Å². The van der Waals surface area contributed by atoms with Crippen molar-refractivity contribution in [3.8, 4) is 23.7 Å². The predicted octanol–water partition coefficient (Wildman–Crippen LogP) is -0.690. The highest BCUT2D eigenvalue weighted by atomic mass is 32.2. The molecule has 0 spiro atoms. The summed E-state index contributed by atoms with van der Waals surface area (Å²) < 4.78 is 65.8. The zero-order valence-corrected chi connectivity index (χ0v) is 19.5. The third-order valence-corrected chi connectivity index (χ3v) is 7.21. The summed E-state index contributed by atoms with van der Waals surface area (Å²) in [6.45, 7) is 1.64. The second-order valence-electron chi connectivity index (χ2n) is 8.01. The van der Waals surface area contributed by atoms with Crippen molar-refractivity contribution in [1.82, 2.24) is 16.1 Å². The summed E-state index contributed by atoms with van der Waals surface area (Å²) in [6, 6.07) is 3.95. The molecular formula is C22H20F3N3O7S. The first-order valence-corrected chi connectivity index (χ1v) is 12.1. The third kappa shape index (κ3) is 6.54. The lowest BCUT2D eigenvalue weighted by Gasteiger charge is -2.44. The number of rotatable bonds is 5. The maximum atomic E-state index is 12.8. The average molecular weight is 527 g/mol. The van der Waals surface area contributed by atoms with Gasteiger partial charge in [0.1, 0.15) is 11.6 Å². The number of methoxy groups -OCH3 is 1. The molecule has 36 heavy (non-hydrogen) atoms. The fourth-order valence-corrected chi connectivity index (χ4v) is 5.28. The van der Waals surface area contributed by atoms with Crippen LogP contribution >= 0.6 is 0 Å². The Morgan fingerprint density at radius 1 is 1.14 bits per heavy atom. The van der Waals surface area contributed by atoms with Crippen molar-refractivity contribution in [2.75, 3.05) is 31.7 Å². The molecule has 2 aliphatic heterocycles. The van der Waals surface area contributed by atoms with Crippen LogP contribution in [-0.4, -0.2) is 75.7 Å². The van der Waals surface area contributed by atoms with Gasteiger partial charge in [0.25, 0.3) is 11.8 Å². The van der Waals surface area contributed by atoms with Gasteiger partial charge in [0.05, 0.1) is 11.5 Å². The minimum absolute atomic E-state index is 0.0331. The van der Waals surface area contributed by atoms with Crippen LogP contribution in [-0.2, 0) is 29.0 Å². The quantitative estimate of drug-likeness (QED) is 0.338. The van der Waals surface area contributed by atoms with Gasteiger partial charge >= 0.3 is 12.1 Å². The van der Waals surface area contributed by atoms with Gasteiger partial charge in [0.15, 0.2) is 9.84 Å². The zero-order chi connectivity index (χ0) is 26.6. The average Bonchev–Trinajstić information content (AvgIpc) is 2.77. The van der Waals surface area contributed by atoms with Crippen LogP contribution in [0.15, 0.2) is 24.3 Å². The van der Waals surface area contributed by atoms with Crippen molar-refractivity contribution in [3.05, 3.63) is 35.4 Å². The number of halogens is 3. The van der Waals surface area contributed by atoms with Crippen molar-refractivity contribution >= 4 is 27.6 Å². The molecular weight excluding hydrogens is 507 g/mol. The molecule has 2 aliphatic rings. The topological polar surface area (TPSA) is 140 Å². The largest absolute Gasteiger partial charge is 0.493 e. The molecule has 14 heteroatoms. The summed E-state index contributed by atoms with van der Waals surface area (Å²) >= 11 is 0. The summed E-state index contributed by atoms with van der Waals surface area (Å²) in [5.41, 5.74) is 0.0881. The van der Waals surface area contributed by atoms with E-state index < -0.39 is 56.9 Å². The number of sulfone groups is 1. The number of carbonyl (C=O) groups is 3. The molecule has 2 fully saturated rings. The van der Waals surface area contributed by atoms with Crippen molar-refractivity contribution < 1.29 is 45.5 Å². The molecule has 0 aromatic heterocycles. The van der Waals surface area contributed by atoms with Gasteiger partial charge in [-0.15, -0.1) is 0 Å². The monoisotopic (exact) mass is 527 g/mol. The summed E-state index contributed by atoms with van der Waals surface area (Å²) in [4.78, 5) is 40.0. The molecule has 192 valence electrons. The Kier molecular flexibility index (Phi) is 7.93. The summed E-state index contributed by atoms with van der Waals surface area (Å²) in [5, 5.41) is 5.33. The number of alkyl halides is 3. The van der Waals surface area contributed by atoms with Crippen molar-refractivity contribution in [2.45, 2.75) is 17.8 Å². The van der Waals surface area contributed by atoms with Crippen molar-refractivity contribution in [3.63, 3.8) is 0 Å². The van der Waals surface area contributed by atoms with Crippen LogP contribution in [0.1, 0.15) is 15.9 Å². The highest BCUT2D eigenvalue weighted by Gasteiger charge is 2.58. The molecule has 1 aromatic rings. The molecule has 1 unspecified atom stereocenters. The van der Waals surface area contributed by atoms with E-state index in [0.29, 0.717) is 5.56 Å². The summed E-state index contributed by atoms with van der Waals surface area (Å²) in [7, 11) is -2.56. The van der Waals surface area contributed by atoms with E-state index >= 15 is 0 Å². The van der Waals surface area contributed by atoms with Gasteiger partial charge in [-0.3, -0.25) is 9.59 Å². The second-order valence-corrected chi connectivity index (χ2v) is 10.1. The Morgan fingerprint density at radius 3 is 2.28 bits per heavy atom. The minimum Gasteiger partial charge on any atom is -0.373 e. The van der Waals surface area contributed by atoms with E-state index in [4.69, 9.17) is 4.74 Å². The zero-order valence-electron chi connectivity index (χ0n) is 18.7. The summed E-state index contributed by atoms with van der Waals surface area (Å²) in [6.07, 6.45) is -5.39. The maximum Gasteiger partial charge on any atom is 0.493 e. The van der Waals surface area contributed by atoms with E-state index in [9.17, 15) is 36.0 Å². The lowest BCUT2D eigenvalue weighted by Crippen LogP contribution is -2.71. The van der Waals surface area contributed by atoms with Crippen LogP contribution in [0.3, 0.4) is 0 Å². The van der Waals surface area contributed by atoms with Gasteiger partial charge in [-0.1, -0.05) is 11.8 Å². The lowest BCUT2D eigenvalue weighted by atomic mass is 9.95. The van der Waals surface area contributed by atoms with Crippen LogP contribution in [0.4, 0.5) is 13.2 Å². The summed E-state index contributed by atoms with van der Waals surface area (Å²) in [5.74, 6) is 5.10. The number of hydrogen-bond donors (Lipinski definition) is 3. The van der Waals surface area contributed by atoms with Crippen LogP contribution in [0.5, 0.6) is 0 Å². The van der Waals surface area contributed by atoms with E-state index in [1.165, 1.54) is 29.7 Å². The van der Waals surface area contributed by atoms with E-state index in [1.54, 1.807) is 0 Å². The lowest BCUT2D eigenvalue weighted by molar-refractivity contribution is -0.208. The molecule has 1 atom stereocenters. The van der Waals surface area contributed by atoms with Crippen LogP contribution in [0, 0.1) is 29.6 Å². The minimum atomic E-state index is -5.39. The number of hydrogen-bond acceptors (Lipinski definition) is 8. The van der Waals surface area contributed by atoms with Gasteiger partial charge in [0.2, 0.25) is 0 Å². The fourth-order valence-electron chi connectivity index (χ4n) is 3.31. The fraction of sp³-hybridized carbons (Fsp3) is 0.409. The molecule has 10 nitrogen and oxygen atoms in total. The molecule has 2 heterocycles. The Hall–Kier alpha value is -3.59. The van der Waals surface area contributed by atoms with E-state index in [-0.39, 0.29) is 11.5 Å². The molecule has 0 radical (unpaired) electrons. The molecule has 2 amide bonds. The standard InChI is InChI=1S/C22H20F3N3O7S/c1-34-21(12-36(32,33)13-21)17(19(30)28-35-20(31)22(23,24)25)27-18(29)16-8-6-14(7-9-16)4-2-3-5-15-10-26-11-15/h6-9,15,17,26H,10-13H2,1H3,(H,27,29)(H,28,30). The van der Waals surface area contributed by atoms with Gasteiger partial charge in [0, 0.05) is 37.2 Å². The van der Waals surface area contributed by atoms with Gasteiger partial charge in [-0.05, 0) is 36.1 Å². The van der Waals surface area contributed by atoms with Gasteiger partial charge in [-0.2, -0.15) is 18.7 Å². The molecule has 3 N–H and O–H groups in total. The Balaban J connectivity index is 1.72. The maximum absolute atomic E-state index is 12.8. The van der Waals surface area contributed by atoms with Gasteiger partial charge in [-0.25, -0.2) is 13.2 Å².